The summed E-state index contributed by atoms with van der Waals surface area (Å²) in [5, 5.41) is 10.3. The van der Waals surface area contributed by atoms with Crippen molar-refractivity contribution in [2.24, 2.45) is 5.92 Å². The number of aromatic nitrogens is 1. The van der Waals surface area contributed by atoms with Gasteiger partial charge in [0.1, 0.15) is 0 Å². The number of pyridine rings is 1. The highest BCUT2D eigenvalue weighted by atomic mass is 35.5. The molecular weight excluding hydrogens is 280 g/mol. The van der Waals surface area contributed by atoms with Crippen molar-refractivity contribution in [2.45, 2.75) is 6.42 Å². The van der Waals surface area contributed by atoms with Gasteiger partial charge < -0.3 is 10.0 Å². The third-order valence-corrected chi connectivity index (χ3v) is 3.79. The molecule has 2 heterocycles. The van der Waals surface area contributed by atoms with Crippen molar-refractivity contribution in [2.75, 3.05) is 11.4 Å². The number of rotatable bonds is 2. The van der Waals surface area contributed by atoms with Gasteiger partial charge >= 0.3 is 5.97 Å². The summed E-state index contributed by atoms with van der Waals surface area (Å²) >= 11 is 6.11. The number of carbonyl (C=O) groups is 2. The third kappa shape index (κ3) is 2.00. The molecule has 1 aliphatic rings. The smallest absolute Gasteiger partial charge is 0.308 e. The van der Waals surface area contributed by atoms with E-state index in [-0.39, 0.29) is 18.9 Å². The van der Waals surface area contributed by atoms with Gasteiger partial charge in [0.25, 0.3) is 0 Å². The number of carboxylic acids is 1. The highest BCUT2D eigenvalue weighted by Gasteiger charge is 2.35. The molecule has 0 bridgehead atoms. The zero-order chi connectivity index (χ0) is 14.3. The number of carboxylic acid groups (broad SMARTS) is 1. The maximum Gasteiger partial charge on any atom is 0.308 e. The Morgan fingerprint density at radius 3 is 2.90 bits per heavy atom. The van der Waals surface area contributed by atoms with E-state index in [4.69, 9.17) is 16.7 Å². The molecule has 1 saturated heterocycles. The molecule has 0 aliphatic carbocycles. The topological polar surface area (TPSA) is 70.5 Å². The molecule has 0 spiro atoms. The fraction of sp³-hybridized carbons (Fsp3) is 0.214. The van der Waals surface area contributed by atoms with E-state index in [9.17, 15) is 9.59 Å². The zero-order valence-corrected chi connectivity index (χ0v) is 11.2. The first-order valence-electron chi connectivity index (χ1n) is 6.14. The van der Waals surface area contributed by atoms with Crippen LogP contribution in [-0.2, 0) is 9.59 Å². The van der Waals surface area contributed by atoms with E-state index >= 15 is 0 Å². The summed E-state index contributed by atoms with van der Waals surface area (Å²) in [6.45, 7) is 0.168. The summed E-state index contributed by atoms with van der Waals surface area (Å²) in [5.74, 6) is -1.82. The molecule has 0 radical (unpaired) electrons. The monoisotopic (exact) mass is 290 g/mol. The minimum atomic E-state index is -0.952. The van der Waals surface area contributed by atoms with Crippen molar-refractivity contribution in [1.82, 2.24) is 4.98 Å². The van der Waals surface area contributed by atoms with Crippen LogP contribution >= 0.6 is 11.6 Å². The van der Waals surface area contributed by atoms with E-state index in [0.717, 1.165) is 5.39 Å². The normalized spacial score (nSPS) is 18.8. The molecule has 1 amide bonds. The molecule has 1 aliphatic heterocycles. The van der Waals surface area contributed by atoms with Gasteiger partial charge in [-0.15, -0.1) is 0 Å². The average Bonchev–Trinajstić information content (AvgIpc) is 2.82. The highest BCUT2D eigenvalue weighted by molar-refractivity contribution is 6.36. The first-order valence-corrected chi connectivity index (χ1v) is 6.52. The molecule has 5 nitrogen and oxygen atoms in total. The van der Waals surface area contributed by atoms with E-state index in [1.807, 2.05) is 6.07 Å². The van der Waals surface area contributed by atoms with Crippen molar-refractivity contribution in [3.63, 3.8) is 0 Å². The highest BCUT2D eigenvalue weighted by Crippen LogP contribution is 2.33. The number of amides is 1. The van der Waals surface area contributed by atoms with Crippen LogP contribution in [0.1, 0.15) is 6.42 Å². The predicted molar refractivity (Wildman–Crippen MR) is 74.8 cm³/mol. The van der Waals surface area contributed by atoms with Crippen LogP contribution in [0.25, 0.3) is 10.9 Å². The number of benzene rings is 1. The Morgan fingerprint density at radius 2 is 2.20 bits per heavy atom. The maximum absolute atomic E-state index is 12.0. The summed E-state index contributed by atoms with van der Waals surface area (Å²) in [6, 6.07) is 7.00. The van der Waals surface area contributed by atoms with Crippen LogP contribution in [0, 0.1) is 5.92 Å². The molecule has 1 unspecified atom stereocenters. The van der Waals surface area contributed by atoms with Crippen LogP contribution in [0.5, 0.6) is 0 Å². The van der Waals surface area contributed by atoms with Gasteiger partial charge in [0.2, 0.25) is 5.91 Å². The first-order chi connectivity index (χ1) is 9.58. The first kappa shape index (κ1) is 12.9. The molecule has 1 aromatic carbocycles. The fourth-order valence-electron chi connectivity index (χ4n) is 2.45. The number of fused-ring (bicyclic) bond motifs is 1. The molecule has 20 heavy (non-hydrogen) atoms. The summed E-state index contributed by atoms with van der Waals surface area (Å²) in [6.07, 6.45) is 1.64. The summed E-state index contributed by atoms with van der Waals surface area (Å²) in [5.41, 5.74) is 1.22. The Hall–Kier alpha value is -2.14. The minimum absolute atomic E-state index is 0.0201. The lowest BCUT2D eigenvalue weighted by molar-refractivity contribution is -0.141. The molecule has 3 rings (SSSR count). The van der Waals surface area contributed by atoms with Crippen LogP contribution in [-0.4, -0.2) is 28.5 Å². The molecule has 1 aromatic heterocycles. The van der Waals surface area contributed by atoms with Crippen LogP contribution in [0.2, 0.25) is 5.02 Å². The summed E-state index contributed by atoms with van der Waals surface area (Å²) in [4.78, 5) is 28.8. The second-order valence-electron chi connectivity index (χ2n) is 4.71. The molecule has 1 N–H and O–H groups in total. The standard InChI is InChI=1S/C14H11ClN2O3/c15-10-3-4-11(13-9(10)2-1-5-16-13)17-7-8(14(19)20)6-12(17)18/h1-5,8H,6-7H2,(H,19,20). The number of nitrogens with zero attached hydrogens (tertiary/aromatic N) is 2. The number of halogens is 1. The Kier molecular flexibility index (Phi) is 3.06. The van der Waals surface area contributed by atoms with E-state index < -0.39 is 11.9 Å². The van der Waals surface area contributed by atoms with Gasteiger partial charge in [-0.3, -0.25) is 14.6 Å². The number of aliphatic carboxylic acids is 1. The minimum Gasteiger partial charge on any atom is -0.481 e. The fourth-order valence-corrected chi connectivity index (χ4v) is 2.66. The van der Waals surface area contributed by atoms with Crippen LogP contribution in [0.3, 0.4) is 0 Å². The van der Waals surface area contributed by atoms with Gasteiger partial charge in [-0.2, -0.15) is 0 Å². The quantitative estimate of drug-likeness (QED) is 0.921. The molecule has 1 fully saturated rings. The number of hydrogen-bond donors (Lipinski definition) is 1. The van der Waals surface area contributed by atoms with Crippen molar-refractivity contribution < 1.29 is 14.7 Å². The largest absolute Gasteiger partial charge is 0.481 e. The molecule has 6 heteroatoms. The number of carbonyl (C=O) groups excluding carboxylic acids is 1. The predicted octanol–water partition coefficient (Wildman–Crippen LogP) is 2.33. The van der Waals surface area contributed by atoms with Crippen LogP contribution < -0.4 is 4.90 Å². The van der Waals surface area contributed by atoms with Crippen molar-refractivity contribution in [1.29, 1.82) is 0 Å². The Morgan fingerprint density at radius 1 is 1.40 bits per heavy atom. The van der Waals surface area contributed by atoms with Gasteiger partial charge in [-0.1, -0.05) is 11.6 Å². The lowest BCUT2D eigenvalue weighted by atomic mass is 10.1. The van der Waals surface area contributed by atoms with Gasteiger partial charge in [0.15, 0.2) is 0 Å². The second-order valence-corrected chi connectivity index (χ2v) is 5.12. The van der Waals surface area contributed by atoms with Crippen molar-refractivity contribution in [3.05, 3.63) is 35.5 Å². The van der Waals surface area contributed by atoms with E-state index in [1.165, 1.54) is 4.90 Å². The second kappa shape index (κ2) is 4.76. The van der Waals surface area contributed by atoms with Crippen molar-refractivity contribution >= 4 is 40.1 Å². The zero-order valence-electron chi connectivity index (χ0n) is 10.4. The van der Waals surface area contributed by atoms with Gasteiger partial charge in [0, 0.05) is 24.5 Å². The van der Waals surface area contributed by atoms with Crippen LogP contribution in [0.15, 0.2) is 30.5 Å². The molecular formula is C14H11ClN2O3. The Bertz CT molecular complexity index is 717. The SMILES string of the molecule is O=C(O)C1CC(=O)N(c2ccc(Cl)c3cccnc23)C1. The number of hydrogen-bond acceptors (Lipinski definition) is 3. The molecule has 2 aromatic rings. The van der Waals surface area contributed by atoms with Crippen LogP contribution in [0.4, 0.5) is 5.69 Å². The third-order valence-electron chi connectivity index (χ3n) is 3.46. The van der Waals surface area contributed by atoms with E-state index in [0.29, 0.717) is 16.2 Å². The molecule has 102 valence electrons. The number of anilines is 1. The van der Waals surface area contributed by atoms with E-state index in [1.54, 1.807) is 24.4 Å². The maximum atomic E-state index is 12.0. The van der Waals surface area contributed by atoms with Gasteiger partial charge in [-0.05, 0) is 24.3 Å². The molecule has 0 saturated carbocycles. The Labute approximate surface area is 119 Å². The van der Waals surface area contributed by atoms with Gasteiger partial charge in [0.05, 0.1) is 22.1 Å². The summed E-state index contributed by atoms with van der Waals surface area (Å²) in [7, 11) is 0. The van der Waals surface area contributed by atoms with Crippen molar-refractivity contribution in [3.8, 4) is 0 Å². The lowest BCUT2D eigenvalue weighted by Crippen LogP contribution is -2.26. The molecule has 1 atom stereocenters. The summed E-state index contributed by atoms with van der Waals surface area (Å²) < 4.78 is 0. The van der Waals surface area contributed by atoms with E-state index in [2.05, 4.69) is 4.98 Å². The van der Waals surface area contributed by atoms with Gasteiger partial charge in [-0.25, -0.2) is 0 Å². The average molecular weight is 291 g/mol. The lowest BCUT2D eigenvalue weighted by Gasteiger charge is -2.18. The Balaban J connectivity index is 2.09.